The molecule has 7 aromatic carbocycles. The molecule has 13 heteroatoms. The molecule has 0 unspecified atom stereocenters. The quantitative estimate of drug-likeness (QED) is 0.110. The fourth-order valence-electron chi connectivity index (χ4n) is 6.15. The number of hydrogen-bond acceptors (Lipinski definition) is 9. The first kappa shape index (κ1) is 40.7. The molecule has 58 heavy (non-hydrogen) atoms. The van der Waals surface area contributed by atoms with E-state index in [1.54, 1.807) is 38.1 Å². The summed E-state index contributed by atoms with van der Waals surface area (Å²) in [6.45, 7) is 9.44. The first-order valence-corrected chi connectivity index (χ1v) is 23.8. The van der Waals surface area contributed by atoms with E-state index in [0.29, 0.717) is 20.1 Å². The van der Waals surface area contributed by atoms with Crippen LogP contribution in [0.2, 0.25) is 0 Å². The summed E-state index contributed by atoms with van der Waals surface area (Å²) in [6.07, 6.45) is 0. The van der Waals surface area contributed by atoms with Gasteiger partial charge in [-0.2, -0.15) is 25.3 Å². The lowest BCUT2D eigenvalue weighted by molar-refractivity contribution is 0.450. The van der Waals surface area contributed by atoms with Crippen LogP contribution in [-0.2, 0) is 34.0 Å². The molecule has 0 N–H and O–H groups in total. The van der Waals surface area contributed by atoms with Crippen molar-refractivity contribution in [3.63, 3.8) is 0 Å². The third-order valence-electron chi connectivity index (χ3n) is 9.43. The molecule has 0 heterocycles. The van der Waals surface area contributed by atoms with E-state index < -0.39 is 52.2 Å². The van der Waals surface area contributed by atoms with Crippen LogP contribution >= 0.6 is 10.3 Å². The fraction of sp³-hybridized carbons (Fsp3) is 0.111. The van der Waals surface area contributed by atoms with Crippen LogP contribution in [0, 0.1) is 34.6 Å². The molecule has 0 amide bonds. The van der Waals surface area contributed by atoms with Crippen molar-refractivity contribution in [2.45, 2.75) is 64.0 Å². The van der Waals surface area contributed by atoms with E-state index in [1.807, 2.05) is 93.6 Å². The zero-order valence-corrected chi connectivity index (χ0v) is 35.5. The summed E-state index contributed by atoms with van der Waals surface area (Å²) in [5.74, 6) is -0.893. The highest BCUT2D eigenvalue weighted by atomic mass is 32.3. The zero-order chi connectivity index (χ0) is 41.5. The van der Waals surface area contributed by atoms with Gasteiger partial charge in [0.15, 0.2) is 11.5 Å². The Kier molecular flexibility index (Phi) is 11.0. The van der Waals surface area contributed by atoms with Crippen LogP contribution in [0.3, 0.4) is 0 Å². The molecule has 0 saturated heterocycles. The van der Waals surface area contributed by atoms with E-state index in [1.165, 1.54) is 54.6 Å². The van der Waals surface area contributed by atoms with E-state index in [0.717, 1.165) is 27.8 Å². The van der Waals surface area contributed by atoms with Crippen molar-refractivity contribution < 1.29 is 37.2 Å². The van der Waals surface area contributed by atoms with Gasteiger partial charge in [-0.15, -0.1) is 0 Å². The van der Waals surface area contributed by atoms with Gasteiger partial charge in [-0.3, -0.25) is 0 Å². The monoisotopic (exact) mass is 852 g/mol. The van der Waals surface area contributed by atoms with Crippen molar-refractivity contribution in [2.75, 3.05) is 0 Å². The molecule has 0 aromatic heterocycles. The maximum absolute atomic E-state index is 14.7. The maximum atomic E-state index is 14.7. The normalized spacial score (nSPS) is 12.6. The summed E-state index contributed by atoms with van der Waals surface area (Å²) >= 11 is 0. The Morgan fingerprint density at radius 2 is 0.603 bits per heavy atom. The minimum absolute atomic E-state index is 0.161. The lowest BCUT2D eigenvalue weighted by Crippen LogP contribution is -2.15. The van der Waals surface area contributed by atoms with E-state index in [4.69, 9.17) is 12.0 Å². The maximum Gasteiger partial charge on any atom is 0.339 e. The minimum Gasteiger partial charge on any atom is -0.375 e. The molecule has 0 saturated carbocycles. The molecular formula is C45H40O9S4. The van der Waals surface area contributed by atoms with Crippen LogP contribution in [0.1, 0.15) is 27.8 Å². The molecule has 0 bridgehead atoms. The number of benzene rings is 7. The summed E-state index contributed by atoms with van der Waals surface area (Å²) in [4.78, 5) is 1.40. The molecule has 298 valence electrons. The molecule has 0 atom stereocenters. The van der Waals surface area contributed by atoms with Crippen LogP contribution in [0.25, 0.3) is 10.8 Å². The molecule has 0 aliphatic heterocycles. The molecule has 0 fully saturated rings. The molecule has 0 aliphatic carbocycles. The van der Waals surface area contributed by atoms with Gasteiger partial charge < -0.3 is 8.37 Å². The Morgan fingerprint density at radius 3 is 0.948 bits per heavy atom. The SMILES string of the molecule is Cc1ccc(S(OS(=O)(=O)c2ccc3cc(OS(=O)(=O)c4ccc(C)cc4)c(OS(=O)(=O)c4ccc(C)cc4)cc3c2)(c2ccc(C)cc2)c2ccc(C)cc2)cc1. The first-order valence-electron chi connectivity index (χ1n) is 18.0. The predicted molar refractivity (Wildman–Crippen MR) is 226 cm³/mol. The van der Waals surface area contributed by atoms with Gasteiger partial charge in [0.2, 0.25) is 0 Å². The molecule has 0 aliphatic rings. The molecule has 0 radical (unpaired) electrons. The standard InChI is InChI=1S/C45H40O9S4/c1-31-6-17-38(18-7-31)55(39-19-8-32(2)9-20-39,40-21-10-33(3)11-22-40)54-58(50,51)43-27-16-36-29-44(52-56(46,47)41-23-12-34(4)13-24-41)45(30-37(36)28-43)53-57(48,49)42-25-14-35(5)15-26-42/h6-30H,1-5H3. The Hall–Kier alpha value is -5.44. The average molecular weight is 853 g/mol. The van der Waals surface area contributed by atoms with Gasteiger partial charge in [0, 0.05) is 14.7 Å². The Morgan fingerprint density at radius 1 is 0.310 bits per heavy atom. The third kappa shape index (κ3) is 8.40. The van der Waals surface area contributed by atoms with Crippen LogP contribution in [-0.4, -0.2) is 25.3 Å². The van der Waals surface area contributed by atoms with Crippen LogP contribution in [0.5, 0.6) is 11.5 Å². The third-order valence-corrected chi connectivity index (χ3v) is 17.1. The van der Waals surface area contributed by atoms with Gasteiger partial charge >= 0.3 is 30.4 Å². The van der Waals surface area contributed by atoms with Crippen molar-refractivity contribution in [3.05, 3.63) is 179 Å². The average Bonchev–Trinajstić information content (AvgIpc) is 3.18. The predicted octanol–water partition coefficient (Wildman–Crippen LogP) is 10.5. The van der Waals surface area contributed by atoms with Crippen LogP contribution in [0.4, 0.5) is 0 Å². The Labute approximate surface area is 341 Å². The number of aryl methyl sites for hydroxylation is 5. The number of hydrogen-bond donors (Lipinski definition) is 0. The van der Waals surface area contributed by atoms with E-state index in [9.17, 15) is 25.3 Å². The Bertz CT molecular complexity index is 2850. The van der Waals surface area contributed by atoms with Gasteiger partial charge in [-0.25, -0.2) is 3.63 Å². The van der Waals surface area contributed by atoms with Gasteiger partial charge in [-0.1, -0.05) is 94.5 Å². The van der Waals surface area contributed by atoms with Crippen molar-refractivity contribution >= 4 is 51.4 Å². The van der Waals surface area contributed by atoms with Gasteiger partial charge in [0.05, 0.1) is 4.90 Å². The topological polar surface area (TPSA) is 130 Å². The molecule has 7 aromatic rings. The fourth-order valence-corrected chi connectivity index (χ4v) is 13.2. The van der Waals surface area contributed by atoms with Crippen molar-refractivity contribution in [1.29, 1.82) is 0 Å². The first-order chi connectivity index (χ1) is 27.4. The molecule has 9 nitrogen and oxygen atoms in total. The van der Waals surface area contributed by atoms with Crippen LogP contribution in [0.15, 0.2) is 181 Å². The van der Waals surface area contributed by atoms with E-state index in [2.05, 4.69) is 0 Å². The second kappa shape index (κ2) is 15.7. The molecule has 7 rings (SSSR count). The van der Waals surface area contributed by atoms with Crippen LogP contribution < -0.4 is 8.37 Å². The minimum atomic E-state index is -4.61. The van der Waals surface area contributed by atoms with Gasteiger partial charge in [0.25, 0.3) is 0 Å². The summed E-state index contributed by atoms with van der Waals surface area (Å²) < 4.78 is 101. The lowest BCUT2D eigenvalue weighted by atomic mass is 10.1. The van der Waals surface area contributed by atoms with Crippen molar-refractivity contribution in [1.82, 2.24) is 0 Å². The lowest BCUT2D eigenvalue weighted by Gasteiger charge is -2.39. The highest BCUT2D eigenvalue weighted by molar-refractivity contribution is 8.33. The van der Waals surface area contributed by atoms with Crippen molar-refractivity contribution in [3.8, 4) is 11.5 Å². The smallest absolute Gasteiger partial charge is 0.339 e. The van der Waals surface area contributed by atoms with Crippen molar-refractivity contribution in [2.24, 2.45) is 0 Å². The zero-order valence-electron chi connectivity index (χ0n) is 32.2. The summed E-state index contributed by atoms with van der Waals surface area (Å²) in [7, 11) is -16.5. The van der Waals surface area contributed by atoms with E-state index >= 15 is 0 Å². The van der Waals surface area contributed by atoms with Gasteiger partial charge in [-0.05, 0) is 141 Å². The van der Waals surface area contributed by atoms with Gasteiger partial charge in [0.1, 0.15) is 9.79 Å². The summed E-state index contributed by atoms with van der Waals surface area (Å²) in [5, 5.41) is 0.544. The molecule has 0 spiro atoms. The Balaban J connectivity index is 1.38. The number of rotatable bonds is 12. The summed E-state index contributed by atoms with van der Waals surface area (Å²) in [5.41, 5.74) is 4.59. The highest BCUT2D eigenvalue weighted by Gasteiger charge is 2.38. The summed E-state index contributed by atoms with van der Waals surface area (Å²) in [6, 6.07) is 41.3. The highest BCUT2D eigenvalue weighted by Crippen LogP contribution is 2.70. The number of fused-ring (bicyclic) bond motifs is 1. The van der Waals surface area contributed by atoms with E-state index in [-0.39, 0.29) is 20.1 Å². The molecular weight excluding hydrogens is 813 g/mol. The largest absolute Gasteiger partial charge is 0.375 e. The second-order valence-corrected chi connectivity index (χ2v) is 21.6. The second-order valence-electron chi connectivity index (χ2n) is 14.0.